The maximum atomic E-state index is 13.6. The van der Waals surface area contributed by atoms with Crippen LogP contribution in [0.2, 0.25) is 0 Å². The average molecular weight is 388 g/mol. The van der Waals surface area contributed by atoms with E-state index in [4.69, 9.17) is 5.84 Å². The highest BCUT2D eigenvalue weighted by molar-refractivity contribution is 5.85. The largest absolute Gasteiger partial charge is 0.294 e. The van der Waals surface area contributed by atoms with E-state index in [0.717, 1.165) is 36.6 Å². The Balaban J connectivity index is 0.00000156. The molecular weight excluding hydrogens is 364 g/mol. The smallest absolute Gasteiger partial charge is 0.236 e. The lowest BCUT2D eigenvalue weighted by Gasteiger charge is -2.32. The van der Waals surface area contributed by atoms with Gasteiger partial charge in [0.25, 0.3) is 0 Å². The van der Waals surface area contributed by atoms with Crippen LogP contribution in [0.4, 0.5) is 4.39 Å². The zero-order chi connectivity index (χ0) is 16.4. The Hall–Kier alpha value is -1.43. The van der Waals surface area contributed by atoms with Crippen LogP contribution in [-0.2, 0) is 4.79 Å². The van der Waals surface area contributed by atoms with E-state index in [-0.39, 0.29) is 42.5 Å². The van der Waals surface area contributed by atoms with Crippen LogP contribution in [0.3, 0.4) is 0 Å². The number of aromatic nitrogens is 1. The van der Waals surface area contributed by atoms with Gasteiger partial charge in [-0.05, 0) is 67.3 Å². The molecule has 25 heavy (non-hydrogen) atoms. The average Bonchev–Trinajstić information content (AvgIpc) is 2.60. The minimum Gasteiger partial charge on any atom is -0.294 e. The van der Waals surface area contributed by atoms with Gasteiger partial charge < -0.3 is 0 Å². The number of hydrogen-bond donors (Lipinski definition) is 2. The molecule has 0 unspecified atom stereocenters. The predicted molar refractivity (Wildman–Crippen MR) is 102 cm³/mol. The summed E-state index contributed by atoms with van der Waals surface area (Å²) >= 11 is 0. The Kier molecular flexibility index (Phi) is 8.06. The molecule has 3 rings (SSSR count). The SMILES string of the molecule is C[C@@H](C(=O)NN)C1CCC(c2ccnc3ccc(F)cc23)CC1.Cl.Cl. The molecule has 1 aromatic heterocycles. The molecule has 138 valence electrons. The number of benzene rings is 1. The minimum absolute atomic E-state index is 0. The summed E-state index contributed by atoms with van der Waals surface area (Å²) in [7, 11) is 0. The Morgan fingerprint density at radius 3 is 2.56 bits per heavy atom. The van der Waals surface area contributed by atoms with Crippen LogP contribution in [-0.4, -0.2) is 10.9 Å². The molecule has 4 nitrogen and oxygen atoms in total. The van der Waals surface area contributed by atoms with Crippen molar-refractivity contribution >= 4 is 41.6 Å². The van der Waals surface area contributed by atoms with E-state index in [9.17, 15) is 9.18 Å². The van der Waals surface area contributed by atoms with Gasteiger partial charge in [0.15, 0.2) is 0 Å². The van der Waals surface area contributed by atoms with Crippen molar-refractivity contribution in [2.75, 3.05) is 0 Å². The topological polar surface area (TPSA) is 68.0 Å². The van der Waals surface area contributed by atoms with E-state index in [1.807, 2.05) is 13.0 Å². The van der Waals surface area contributed by atoms with Crippen LogP contribution in [0.25, 0.3) is 10.9 Å². The highest BCUT2D eigenvalue weighted by Crippen LogP contribution is 2.40. The summed E-state index contributed by atoms with van der Waals surface area (Å²) in [5, 5.41) is 0.906. The molecule has 1 aromatic carbocycles. The zero-order valence-corrected chi connectivity index (χ0v) is 15.7. The van der Waals surface area contributed by atoms with E-state index in [2.05, 4.69) is 10.4 Å². The summed E-state index contributed by atoms with van der Waals surface area (Å²) in [4.78, 5) is 16.0. The second kappa shape index (κ2) is 9.32. The van der Waals surface area contributed by atoms with Crippen molar-refractivity contribution in [2.45, 2.75) is 38.5 Å². The third-order valence-electron chi connectivity index (χ3n) is 5.21. The number of fused-ring (bicyclic) bond motifs is 1. The summed E-state index contributed by atoms with van der Waals surface area (Å²) in [6.45, 7) is 1.93. The number of carbonyl (C=O) groups is 1. The number of amides is 1. The van der Waals surface area contributed by atoms with Crippen molar-refractivity contribution in [3.8, 4) is 0 Å². The highest BCUT2D eigenvalue weighted by atomic mass is 35.5. The fourth-order valence-corrected chi connectivity index (χ4v) is 3.77. The fourth-order valence-electron chi connectivity index (χ4n) is 3.77. The lowest BCUT2D eigenvalue weighted by atomic mass is 9.73. The predicted octanol–water partition coefficient (Wildman–Crippen LogP) is 4.12. The minimum atomic E-state index is -0.228. The maximum Gasteiger partial charge on any atom is 0.236 e. The first-order chi connectivity index (χ1) is 11.1. The zero-order valence-electron chi connectivity index (χ0n) is 14.1. The van der Waals surface area contributed by atoms with Crippen molar-refractivity contribution in [2.24, 2.45) is 17.7 Å². The van der Waals surface area contributed by atoms with Crippen LogP contribution in [0.15, 0.2) is 30.5 Å². The first kappa shape index (κ1) is 21.6. The summed E-state index contributed by atoms with van der Waals surface area (Å²) in [5.41, 5.74) is 4.25. The van der Waals surface area contributed by atoms with E-state index in [0.29, 0.717) is 11.8 Å². The molecule has 1 fully saturated rings. The van der Waals surface area contributed by atoms with Crippen molar-refractivity contribution in [1.29, 1.82) is 0 Å². The molecular formula is C18H24Cl2FN3O. The van der Waals surface area contributed by atoms with Crippen molar-refractivity contribution in [1.82, 2.24) is 10.4 Å². The Morgan fingerprint density at radius 2 is 1.92 bits per heavy atom. The normalized spacial score (nSPS) is 20.9. The van der Waals surface area contributed by atoms with Crippen LogP contribution in [0, 0.1) is 17.7 Å². The molecule has 0 radical (unpaired) electrons. The van der Waals surface area contributed by atoms with Gasteiger partial charge in [0, 0.05) is 17.5 Å². The Labute approximate surface area is 159 Å². The first-order valence-corrected chi connectivity index (χ1v) is 8.14. The number of carbonyl (C=O) groups excluding carboxylic acids is 1. The molecule has 0 bridgehead atoms. The molecule has 0 aliphatic heterocycles. The summed E-state index contributed by atoms with van der Waals surface area (Å²) < 4.78 is 13.6. The molecule has 7 heteroatoms. The third-order valence-corrected chi connectivity index (χ3v) is 5.21. The van der Waals surface area contributed by atoms with Crippen molar-refractivity contribution in [3.05, 3.63) is 41.8 Å². The lowest BCUT2D eigenvalue weighted by Crippen LogP contribution is -2.38. The quantitative estimate of drug-likeness (QED) is 0.472. The van der Waals surface area contributed by atoms with Crippen LogP contribution >= 0.6 is 24.8 Å². The first-order valence-electron chi connectivity index (χ1n) is 8.14. The number of nitrogens with one attached hydrogen (secondary N) is 1. The maximum absolute atomic E-state index is 13.6. The van der Waals surface area contributed by atoms with E-state index in [1.165, 1.54) is 11.6 Å². The van der Waals surface area contributed by atoms with Crippen LogP contribution in [0.5, 0.6) is 0 Å². The van der Waals surface area contributed by atoms with Crippen LogP contribution in [0.1, 0.15) is 44.1 Å². The molecule has 2 aromatic rings. The molecule has 1 amide bonds. The number of pyridine rings is 1. The number of hydrazine groups is 1. The van der Waals surface area contributed by atoms with Crippen molar-refractivity contribution in [3.63, 3.8) is 0 Å². The summed E-state index contributed by atoms with van der Waals surface area (Å²) in [6, 6.07) is 6.76. The number of nitrogens with zero attached hydrogens (tertiary/aromatic N) is 1. The van der Waals surface area contributed by atoms with Gasteiger partial charge in [0.1, 0.15) is 5.82 Å². The van der Waals surface area contributed by atoms with Crippen LogP contribution < -0.4 is 11.3 Å². The van der Waals surface area contributed by atoms with Gasteiger partial charge in [-0.1, -0.05) is 6.92 Å². The number of halogens is 3. The van der Waals surface area contributed by atoms with Gasteiger partial charge in [-0.2, -0.15) is 0 Å². The Bertz CT molecular complexity index is 721. The number of rotatable bonds is 3. The summed E-state index contributed by atoms with van der Waals surface area (Å²) in [6.07, 6.45) is 5.77. The second-order valence-corrected chi connectivity index (χ2v) is 6.47. The monoisotopic (exact) mass is 387 g/mol. The molecule has 0 spiro atoms. The van der Waals surface area contributed by atoms with E-state index < -0.39 is 0 Å². The highest BCUT2D eigenvalue weighted by Gasteiger charge is 2.29. The van der Waals surface area contributed by atoms with Gasteiger partial charge in [0.2, 0.25) is 5.91 Å². The van der Waals surface area contributed by atoms with Gasteiger partial charge in [-0.25, -0.2) is 10.2 Å². The van der Waals surface area contributed by atoms with Gasteiger partial charge >= 0.3 is 0 Å². The lowest BCUT2D eigenvalue weighted by molar-refractivity contribution is -0.126. The molecule has 1 aliphatic rings. The molecule has 1 atom stereocenters. The molecule has 1 heterocycles. The fraction of sp³-hybridized carbons (Fsp3) is 0.444. The number of hydrogen-bond acceptors (Lipinski definition) is 3. The van der Waals surface area contributed by atoms with Crippen molar-refractivity contribution < 1.29 is 9.18 Å². The van der Waals surface area contributed by atoms with E-state index >= 15 is 0 Å². The standard InChI is InChI=1S/C18H22FN3O.2ClH/c1-11(18(23)22-20)12-2-4-13(5-3-12)15-8-9-21-17-7-6-14(19)10-16(15)17;;/h6-13H,2-5,20H2,1H3,(H,22,23);2*1H/t11-,12?,13?;;/m1../s1. The number of nitrogens with two attached hydrogens (primary N) is 1. The summed E-state index contributed by atoms with van der Waals surface area (Å²) in [5.74, 6) is 5.61. The van der Waals surface area contributed by atoms with Gasteiger partial charge in [-0.15, -0.1) is 24.8 Å². The van der Waals surface area contributed by atoms with Gasteiger partial charge in [0.05, 0.1) is 5.52 Å². The molecule has 3 N–H and O–H groups in total. The third kappa shape index (κ3) is 4.60. The van der Waals surface area contributed by atoms with E-state index in [1.54, 1.807) is 18.3 Å². The second-order valence-electron chi connectivity index (χ2n) is 6.47. The Morgan fingerprint density at radius 1 is 1.24 bits per heavy atom. The van der Waals surface area contributed by atoms with Gasteiger partial charge in [-0.3, -0.25) is 15.2 Å². The molecule has 1 aliphatic carbocycles. The molecule has 0 saturated heterocycles. The molecule has 1 saturated carbocycles.